The Labute approximate surface area is 105 Å². The van der Waals surface area contributed by atoms with E-state index in [0.29, 0.717) is 6.04 Å². The molecule has 1 atom stereocenters. The number of rotatable bonds is 2. The summed E-state index contributed by atoms with van der Waals surface area (Å²) < 4.78 is 0. The Balaban J connectivity index is 1.52. The Morgan fingerprint density at radius 3 is 2.72 bits per heavy atom. The highest BCUT2D eigenvalue weighted by Crippen LogP contribution is 2.70. The Hall–Kier alpha value is -1.30. The van der Waals surface area contributed by atoms with Gasteiger partial charge in [0.05, 0.1) is 11.5 Å². The summed E-state index contributed by atoms with van der Waals surface area (Å²) >= 11 is 0. The van der Waals surface area contributed by atoms with Crippen molar-refractivity contribution in [3.63, 3.8) is 0 Å². The first kappa shape index (κ1) is 10.6. The van der Waals surface area contributed by atoms with Gasteiger partial charge in [-0.2, -0.15) is 0 Å². The standard InChI is InChI=1S/C12H18N4O2/c13-9(17)11-5-12(6-11,7-11)16-4-8-3-14-1-2-15(8)10(16)18/h8,14H,1-7H2,(H2,13,17)/t8-,11?,12?/m0/s1. The van der Waals surface area contributed by atoms with Crippen molar-refractivity contribution in [1.29, 1.82) is 0 Å². The van der Waals surface area contributed by atoms with Gasteiger partial charge in [-0.15, -0.1) is 0 Å². The summed E-state index contributed by atoms with van der Waals surface area (Å²) in [4.78, 5) is 27.7. The average molecular weight is 250 g/mol. The smallest absolute Gasteiger partial charge is 0.320 e. The summed E-state index contributed by atoms with van der Waals surface area (Å²) in [5.41, 5.74) is 5.10. The second-order valence-electron chi connectivity index (χ2n) is 6.34. The number of fused-ring (bicyclic) bond motifs is 1. The molecule has 2 bridgehead atoms. The van der Waals surface area contributed by atoms with Crippen molar-refractivity contribution in [2.75, 3.05) is 26.2 Å². The molecule has 2 saturated heterocycles. The quantitative estimate of drug-likeness (QED) is 0.667. The summed E-state index contributed by atoms with van der Waals surface area (Å²) in [5.74, 6) is -0.185. The lowest BCUT2D eigenvalue weighted by molar-refractivity contribution is -0.202. The molecule has 0 aromatic heterocycles. The van der Waals surface area contributed by atoms with Crippen molar-refractivity contribution in [2.24, 2.45) is 11.1 Å². The Morgan fingerprint density at radius 2 is 2.11 bits per heavy atom. The van der Waals surface area contributed by atoms with Gasteiger partial charge >= 0.3 is 6.03 Å². The molecule has 3 N–H and O–H groups in total. The molecular weight excluding hydrogens is 232 g/mol. The molecule has 2 heterocycles. The van der Waals surface area contributed by atoms with Crippen LogP contribution in [0, 0.1) is 5.41 Å². The van der Waals surface area contributed by atoms with Crippen molar-refractivity contribution in [3.05, 3.63) is 0 Å². The Kier molecular flexibility index (Phi) is 1.76. The molecule has 3 saturated carbocycles. The molecule has 6 nitrogen and oxygen atoms in total. The maximum Gasteiger partial charge on any atom is 0.320 e. The summed E-state index contributed by atoms with van der Waals surface area (Å²) in [6.07, 6.45) is 2.36. The number of hydrogen-bond donors (Lipinski definition) is 2. The predicted molar refractivity (Wildman–Crippen MR) is 63.7 cm³/mol. The van der Waals surface area contributed by atoms with Crippen LogP contribution in [-0.2, 0) is 4.79 Å². The zero-order valence-corrected chi connectivity index (χ0v) is 10.3. The summed E-state index contributed by atoms with van der Waals surface area (Å²) in [6.45, 7) is 3.38. The third-order valence-electron chi connectivity index (χ3n) is 5.32. The molecule has 0 unspecified atom stereocenters. The van der Waals surface area contributed by atoms with Crippen molar-refractivity contribution in [2.45, 2.75) is 30.8 Å². The highest BCUT2D eigenvalue weighted by molar-refractivity contribution is 5.87. The second kappa shape index (κ2) is 2.99. The number of primary amides is 1. The van der Waals surface area contributed by atoms with E-state index < -0.39 is 0 Å². The monoisotopic (exact) mass is 250 g/mol. The fourth-order valence-corrected chi connectivity index (χ4v) is 4.30. The first-order valence-corrected chi connectivity index (χ1v) is 6.65. The van der Waals surface area contributed by atoms with Gasteiger partial charge in [0.15, 0.2) is 0 Å². The lowest BCUT2D eigenvalue weighted by Crippen LogP contribution is -2.78. The Morgan fingerprint density at radius 1 is 1.39 bits per heavy atom. The van der Waals surface area contributed by atoms with Gasteiger partial charge in [-0.1, -0.05) is 0 Å². The van der Waals surface area contributed by atoms with Gasteiger partial charge in [0, 0.05) is 31.7 Å². The molecular formula is C12H18N4O2. The number of carbonyl (C=O) groups excluding carboxylic acids is 2. The third-order valence-corrected chi connectivity index (χ3v) is 5.32. The highest BCUT2D eigenvalue weighted by atomic mass is 16.2. The number of urea groups is 1. The summed E-state index contributed by atoms with van der Waals surface area (Å²) in [6, 6.07) is 0.476. The highest BCUT2D eigenvalue weighted by Gasteiger charge is 2.75. The van der Waals surface area contributed by atoms with Gasteiger partial charge in [0.2, 0.25) is 5.91 Å². The lowest BCUT2D eigenvalue weighted by Gasteiger charge is -2.71. The van der Waals surface area contributed by atoms with E-state index in [1.54, 1.807) is 0 Å². The molecule has 98 valence electrons. The van der Waals surface area contributed by atoms with Gasteiger partial charge < -0.3 is 20.9 Å². The van der Waals surface area contributed by atoms with E-state index in [2.05, 4.69) is 5.32 Å². The molecule has 18 heavy (non-hydrogen) atoms. The normalized spacial score (nSPS) is 45.3. The molecule has 0 aromatic rings. The lowest BCUT2D eigenvalue weighted by atomic mass is 9.38. The second-order valence-corrected chi connectivity index (χ2v) is 6.34. The maximum atomic E-state index is 12.4. The van der Waals surface area contributed by atoms with Gasteiger partial charge in [0.25, 0.3) is 0 Å². The van der Waals surface area contributed by atoms with Crippen LogP contribution in [0.3, 0.4) is 0 Å². The van der Waals surface area contributed by atoms with Crippen LogP contribution in [0.1, 0.15) is 19.3 Å². The summed E-state index contributed by atoms with van der Waals surface area (Å²) in [7, 11) is 0. The number of amides is 3. The minimum absolute atomic E-state index is 0.0382. The van der Waals surface area contributed by atoms with E-state index in [1.807, 2.05) is 9.80 Å². The fourth-order valence-electron chi connectivity index (χ4n) is 4.30. The molecule has 2 aliphatic heterocycles. The van der Waals surface area contributed by atoms with E-state index in [9.17, 15) is 9.59 Å². The fraction of sp³-hybridized carbons (Fsp3) is 0.833. The molecule has 5 fully saturated rings. The first-order chi connectivity index (χ1) is 8.56. The number of nitrogens with two attached hydrogens (primary N) is 1. The van der Waals surface area contributed by atoms with Crippen LogP contribution in [0.15, 0.2) is 0 Å². The molecule has 5 aliphatic rings. The number of hydrogen-bond acceptors (Lipinski definition) is 3. The van der Waals surface area contributed by atoms with Crippen molar-refractivity contribution in [1.82, 2.24) is 15.1 Å². The molecule has 3 amide bonds. The zero-order chi connectivity index (χ0) is 12.5. The number of nitrogens with zero attached hydrogens (tertiary/aromatic N) is 2. The van der Waals surface area contributed by atoms with Gasteiger partial charge in [-0.05, 0) is 19.3 Å². The molecule has 0 spiro atoms. The number of piperazine rings is 1. The minimum Gasteiger partial charge on any atom is -0.369 e. The molecule has 5 rings (SSSR count). The van der Waals surface area contributed by atoms with Crippen LogP contribution >= 0.6 is 0 Å². The van der Waals surface area contributed by atoms with Crippen LogP contribution in [0.4, 0.5) is 4.79 Å². The van der Waals surface area contributed by atoms with E-state index >= 15 is 0 Å². The van der Waals surface area contributed by atoms with E-state index in [1.165, 1.54) is 0 Å². The van der Waals surface area contributed by atoms with Crippen LogP contribution in [0.5, 0.6) is 0 Å². The first-order valence-electron chi connectivity index (χ1n) is 6.65. The average Bonchev–Trinajstić information content (AvgIpc) is 2.53. The zero-order valence-electron chi connectivity index (χ0n) is 10.3. The SMILES string of the molecule is NC(=O)C12CC(N3C[C@@H]4CNCCN4C3=O)(C1)C2. The molecule has 3 aliphatic carbocycles. The van der Waals surface area contributed by atoms with Crippen LogP contribution < -0.4 is 11.1 Å². The van der Waals surface area contributed by atoms with Crippen molar-refractivity contribution >= 4 is 11.9 Å². The molecule has 0 radical (unpaired) electrons. The number of nitrogens with one attached hydrogen (secondary N) is 1. The van der Waals surface area contributed by atoms with Gasteiger partial charge in [-0.3, -0.25) is 4.79 Å². The minimum atomic E-state index is -0.276. The van der Waals surface area contributed by atoms with E-state index in [4.69, 9.17) is 5.73 Å². The molecule has 0 aromatic carbocycles. The maximum absolute atomic E-state index is 12.4. The Bertz CT molecular complexity index is 430. The molecule has 6 heteroatoms. The summed E-state index contributed by atoms with van der Waals surface area (Å²) in [5, 5.41) is 3.33. The van der Waals surface area contributed by atoms with E-state index in [-0.39, 0.29) is 22.9 Å². The van der Waals surface area contributed by atoms with Crippen LogP contribution in [0.2, 0.25) is 0 Å². The van der Waals surface area contributed by atoms with Crippen LogP contribution in [-0.4, -0.2) is 59.5 Å². The van der Waals surface area contributed by atoms with Gasteiger partial charge in [0.1, 0.15) is 0 Å². The van der Waals surface area contributed by atoms with Crippen molar-refractivity contribution < 1.29 is 9.59 Å². The third kappa shape index (κ3) is 1.03. The van der Waals surface area contributed by atoms with Crippen molar-refractivity contribution in [3.8, 4) is 0 Å². The van der Waals surface area contributed by atoms with Crippen LogP contribution in [0.25, 0.3) is 0 Å². The van der Waals surface area contributed by atoms with Gasteiger partial charge in [-0.25, -0.2) is 4.79 Å². The predicted octanol–water partition coefficient (Wildman–Crippen LogP) is -0.896. The van der Waals surface area contributed by atoms with E-state index in [0.717, 1.165) is 45.4 Å². The largest absolute Gasteiger partial charge is 0.369 e. The topological polar surface area (TPSA) is 78.7 Å². The number of carbonyl (C=O) groups is 2.